The third-order valence-electron chi connectivity index (χ3n) is 10.1. The van der Waals surface area contributed by atoms with Gasteiger partial charge in [0, 0.05) is 6.42 Å². The molecule has 0 radical (unpaired) electrons. The largest absolute Gasteiger partial charge is 0.472 e. The molecule has 0 aliphatic heterocycles. The van der Waals surface area contributed by atoms with Gasteiger partial charge in [0.15, 0.2) is 0 Å². The number of nitrogens with zero attached hydrogens (tertiary/aromatic N) is 1. The Bertz CT molecular complexity index is 1050. The zero-order chi connectivity index (χ0) is 41.4. The van der Waals surface area contributed by atoms with Crippen LogP contribution in [0.1, 0.15) is 194 Å². The van der Waals surface area contributed by atoms with Crippen LogP contribution in [0.15, 0.2) is 48.6 Å². The fraction of sp³-hybridized carbons (Fsp3) is 0.809. The summed E-state index contributed by atoms with van der Waals surface area (Å²) in [5.74, 6) is -0.200. The first-order valence-electron chi connectivity index (χ1n) is 23.0. The van der Waals surface area contributed by atoms with E-state index < -0.39 is 20.0 Å². The average molecular weight is 810 g/mol. The lowest BCUT2D eigenvalue weighted by Crippen LogP contribution is -2.46. The summed E-state index contributed by atoms with van der Waals surface area (Å²) in [4.78, 5) is 23.1. The molecule has 9 heteroatoms. The molecule has 3 unspecified atom stereocenters. The van der Waals surface area contributed by atoms with Crippen molar-refractivity contribution in [2.75, 3.05) is 40.9 Å². The monoisotopic (exact) mass is 810 g/mol. The molecule has 3 atom stereocenters. The van der Waals surface area contributed by atoms with E-state index in [0.717, 1.165) is 44.9 Å². The van der Waals surface area contributed by atoms with E-state index in [1.165, 1.54) is 116 Å². The number of amides is 1. The second kappa shape index (κ2) is 38.9. The molecule has 8 nitrogen and oxygen atoms in total. The van der Waals surface area contributed by atoms with E-state index in [1.807, 2.05) is 21.1 Å². The van der Waals surface area contributed by atoms with E-state index in [4.69, 9.17) is 9.05 Å². The van der Waals surface area contributed by atoms with Gasteiger partial charge in [0.2, 0.25) is 5.91 Å². The number of rotatable bonds is 41. The molecule has 328 valence electrons. The molecular weight excluding hydrogens is 719 g/mol. The standard InChI is InChI=1S/C47H89N2O6P/c1-6-8-10-12-14-16-18-20-21-22-23-24-25-26-27-29-31-33-35-37-39-41-47(51)48-45(44-55-56(52,53)54-43-42-49(3,4)5)46(50)40-38-36-34-32-30-28-19-17-15-13-11-9-7-2/h21-22,24-25,27,29,33,35,45-46,50H,6-20,23,26,28,30-32,34,36-44H2,1-5H3,(H-,48,51,52,53)/p+1/b22-21+,25-24+,29-27+,35-33+. The predicted molar refractivity (Wildman–Crippen MR) is 240 cm³/mol. The molecule has 0 rings (SSSR count). The molecule has 1 amide bonds. The van der Waals surface area contributed by atoms with Crippen LogP contribution in [-0.2, 0) is 18.4 Å². The highest BCUT2D eigenvalue weighted by atomic mass is 31.2. The minimum absolute atomic E-state index is 0.0630. The molecule has 0 aromatic heterocycles. The number of likely N-dealkylation sites (N-methyl/N-ethyl adjacent to an activating group) is 1. The van der Waals surface area contributed by atoms with E-state index in [2.05, 4.69) is 67.8 Å². The fourth-order valence-corrected chi connectivity index (χ4v) is 7.13. The molecule has 0 saturated carbocycles. The van der Waals surface area contributed by atoms with E-state index in [1.54, 1.807) is 0 Å². The number of aliphatic hydroxyl groups excluding tert-OH is 1. The van der Waals surface area contributed by atoms with E-state index in [9.17, 15) is 19.4 Å². The molecule has 0 spiro atoms. The van der Waals surface area contributed by atoms with Crippen molar-refractivity contribution < 1.29 is 32.9 Å². The highest BCUT2D eigenvalue weighted by Gasteiger charge is 2.28. The molecule has 56 heavy (non-hydrogen) atoms. The van der Waals surface area contributed by atoms with Crippen LogP contribution in [0.4, 0.5) is 0 Å². The lowest BCUT2D eigenvalue weighted by atomic mass is 10.0. The van der Waals surface area contributed by atoms with Gasteiger partial charge in [-0.25, -0.2) is 4.57 Å². The number of quaternary nitrogens is 1. The van der Waals surface area contributed by atoms with Crippen molar-refractivity contribution in [3.05, 3.63) is 48.6 Å². The van der Waals surface area contributed by atoms with Gasteiger partial charge in [-0.1, -0.05) is 184 Å². The van der Waals surface area contributed by atoms with Gasteiger partial charge < -0.3 is 19.8 Å². The Morgan fingerprint density at radius 2 is 1.02 bits per heavy atom. The number of phosphoric acid groups is 1. The van der Waals surface area contributed by atoms with Gasteiger partial charge in [0.25, 0.3) is 0 Å². The maximum Gasteiger partial charge on any atom is 0.472 e. The van der Waals surface area contributed by atoms with Crippen LogP contribution in [0.3, 0.4) is 0 Å². The van der Waals surface area contributed by atoms with Crippen LogP contribution in [0.25, 0.3) is 0 Å². The van der Waals surface area contributed by atoms with Crippen LogP contribution in [0.2, 0.25) is 0 Å². The first-order chi connectivity index (χ1) is 27.0. The van der Waals surface area contributed by atoms with Gasteiger partial charge in [-0.05, 0) is 51.4 Å². The number of unbranched alkanes of at least 4 members (excludes halogenated alkanes) is 20. The lowest BCUT2D eigenvalue weighted by Gasteiger charge is -2.26. The number of phosphoric ester groups is 1. The summed E-state index contributed by atoms with van der Waals surface area (Å²) in [6.07, 6.45) is 48.6. The second-order valence-electron chi connectivity index (χ2n) is 16.8. The summed E-state index contributed by atoms with van der Waals surface area (Å²) in [7, 11) is 1.58. The smallest absolute Gasteiger partial charge is 0.391 e. The Hall–Kier alpha value is -1.54. The summed E-state index contributed by atoms with van der Waals surface area (Å²) in [6.45, 7) is 4.83. The molecule has 0 heterocycles. The zero-order valence-electron chi connectivity index (χ0n) is 37.1. The maximum absolute atomic E-state index is 12.9. The van der Waals surface area contributed by atoms with Crippen molar-refractivity contribution in [1.82, 2.24) is 5.32 Å². The summed E-state index contributed by atoms with van der Waals surface area (Å²) >= 11 is 0. The molecule has 0 bridgehead atoms. The van der Waals surface area contributed by atoms with Crippen LogP contribution in [-0.4, -0.2) is 73.4 Å². The fourth-order valence-electron chi connectivity index (χ4n) is 6.39. The Morgan fingerprint density at radius 3 is 1.48 bits per heavy atom. The molecule has 0 saturated heterocycles. The quantitative estimate of drug-likeness (QED) is 0.0246. The second-order valence-corrected chi connectivity index (χ2v) is 18.2. The third-order valence-corrected chi connectivity index (χ3v) is 11.1. The number of hydrogen-bond donors (Lipinski definition) is 3. The number of aliphatic hydroxyl groups is 1. The topological polar surface area (TPSA) is 105 Å². The Morgan fingerprint density at radius 1 is 0.607 bits per heavy atom. The van der Waals surface area contributed by atoms with Gasteiger partial charge in [-0.15, -0.1) is 0 Å². The molecule has 0 aliphatic carbocycles. The number of carbonyl (C=O) groups excluding carboxylic acids is 1. The number of allylic oxidation sites excluding steroid dienone is 8. The van der Waals surface area contributed by atoms with Gasteiger partial charge in [-0.2, -0.15) is 0 Å². The maximum atomic E-state index is 12.9. The lowest BCUT2D eigenvalue weighted by molar-refractivity contribution is -0.870. The van der Waals surface area contributed by atoms with Crippen LogP contribution < -0.4 is 5.32 Å². The summed E-state index contributed by atoms with van der Waals surface area (Å²) in [5, 5.41) is 13.9. The van der Waals surface area contributed by atoms with E-state index >= 15 is 0 Å². The highest BCUT2D eigenvalue weighted by molar-refractivity contribution is 7.47. The van der Waals surface area contributed by atoms with E-state index in [0.29, 0.717) is 30.3 Å². The predicted octanol–water partition coefficient (Wildman–Crippen LogP) is 12.9. The summed E-state index contributed by atoms with van der Waals surface area (Å²) in [6, 6.07) is -0.789. The van der Waals surface area contributed by atoms with Crippen LogP contribution in [0.5, 0.6) is 0 Å². The molecule has 0 aliphatic rings. The Labute approximate surface area is 346 Å². The van der Waals surface area contributed by atoms with Crippen molar-refractivity contribution in [1.29, 1.82) is 0 Å². The molecule has 0 aromatic carbocycles. The first kappa shape index (κ1) is 54.5. The minimum atomic E-state index is -4.33. The van der Waals surface area contributed by atoms with Gasteiger partial charge in [0.1, 0.15) is 13.2 Å². The zero-order valence-corrected chi connectivity index (χ0v) is 38.0. The molecule has 0 fully saturated rings. The number of nitrogens with one attached hydrogen (secondary N) is 1. The third kappa shape index (κ3) is 40.6. The first-order valence-corrected chi connectivity index (χ1v) is 24.5. The Balaban J connectivity index is 4.44. The van der Waals surface area contributed by atoms with Gasteiger partial charge in [-0.3, -0.25) is 13.8 Å². The van der Waals surface area contributed by atoms with Crippen molar-refractivity contribution in [3.63, 3.8) is 0 Å². The SMILES string of the molecule is CCCCCCCCC/C=C/C/C=C/C/C=C/C/C=C/CCCC(=O)NC(COP(=O)(O)OCC[N+](C)(C)C)C(O)CCCCCCCCCCCCCCC. The normalized spacial score (nSPS) is 14.8. The van der Waals surface area contributed by atoms with Crippen molar-refractivity contribution >= 4 is 13.7 Å². The summed E-state index contributed by atoms with van der Waals surface area (Å²) in [5.41, 5.74) is 0. The number of carbonyl (C=O) groups is 1. The van der Waals surface area contributed by atoms with E-state index in [-0.39, 0.29) is 19.1 Å². The van der Waals surface area contributed by atoms with Crippen molar-refractivity contribution in [2.24, 2.45) is 0 Å². The van der Waals surface area contributed by atoms with Crippen LogP contribution in [0, 0.1) is 0 Å². The van der Waals surface area contributed by atoms with Crippen LogP contribution >= 0.6 is 7.82 Å². The average Bonchev–Trinajstić information content (AvgIpc) is 3.15. The Kier molecular flexibility index (Phi) is 37.9. The summed E-state index contributed by atoms with van der Waals surface area (Å²) < 4.78 is 23.6. The van der Waals surface area contributed by atoms with Gasteiger partial charge >= 0.3 is 7.82 Å². The molecule has 3 N–H and O–H groups in total. The number of hydrogen-bond acceptors (Lipinski definition) is 5. The van der Waals surface area contributed by atoms with Crippen molar-refractivity contribution in [3.8, 4) is 0 Å². The molecular formula is C47H90N2O6P+. The van der Waals surface area contributed by atoms with Gasteiger partial charge in [0.05, 0.1) is 39.9 Å². The van der Waals surface area contributed by atoms with Crippen molar-refractivity contribution in [2.45, 2.75) is 206 Å². The molecule has 0 aromatic rings. The highest BCUT2D eigenvalue weighted by Crippen LogP contribution is 2.43. The minimum Gasteiger partial charge on any atom is -0.391 e.